The molecule has 0 amide bonds. The molecule has 1 rings (SSSR count). The van der Waals surface area contributed by atoms with Crippen molar-refractivity contribution in [3.63, 3.8) is 0 Å². The summed E-state index contributed by atoms with van der Waals surface area (Å²) in [5.74, 6) is 0.400. The van der Waals surface area contributed by atoms with Crippen molar-refractivity contribution in [2.24, 2.45) is 5.92 Å². The maximum atomic E-state index is 9.36. The quantitative estimate of drug-likeness (QED) is 0.636. The van der Waals surface area contributed by atoms with E-state index in [9.17, 15) is 5.11 Å². The molecule has 1 aliphatic rings. The maximum Gasteiger partial charge on any atom is 0.112 e. The third-order valence-electron chi connectivity index (χ3n) is 2.09. The molecule has 3 unspecified atom stereocenters. The van der Waals surface area contributed by atoms with Gasteiger partial charge in [-0.3, -0.25) is 0 Å². The summed E-state index contributed by atoms with van der Waals surface area (Å²) in [5.41, 5.74) is 0. The molecule has 1 N–H and O–H groups in total. The highest BCUT2D eigenvalue weighted by Gasteiger charge is 2.37. The van der Waals surface area contributed by atoms with E-state index in [0.717, 1.165) is 0 Å². The fourth-order valence-electron chi connectivity index (χ4n) is 1.48. The van der Waals surface area contributed by atoms with Crippen molar-refractivity contribution in [3.05, 3.63) is 0 Å². The zero-order valence-corrected chi connectivity index (χ0v) is 7.28. The topological polar surface area (TPSA) is 38.7 Å². The van der Waals surface area contributed by atoms with Gasteiger partial charge in [0.15, 0.2) is 0 Å². The summed E-state index contributed by atoms with van der Waals surface area (Å²) in [6.07, 6.45) is -0.544. The lowest BCUT2D eigenvalue weighted by Gasteiger charge is -2.21. The van der Waals surface area contributed by atoms with E-state index in [2.05, 4.69) is 13.8 Å². The van der Waals surface area contributed by atoms with E-state index in [1.54, 1.807) is 7.11 Å². The molecule has 1 fully saturated rings. The number of aliphatic hydroxyl groups is 1. The Kier molecular flexibility index (Phi) is 2.87. The molecule has 0 saturated carbocycles. The molecule has 0 aliphatic carbocycles. The molecule has 1 aliphatic heterocycles. The van der Waals surface area contributed by atoms with Crippen LogP contribution in [-0.4, -0.2) is 37.1 Å². The molecule has 3 heteroatoms. The Morgan fingerprint density at radius 1 is 1.55 bits per heavy atom. The second-order valence-corrected chi connectivity index (χ2v) is 3.31. The third kappa shape index (κ3) is 1.72. The largest absolute Gasteiger partial charge is 0.388 e. The zero-order valence-electron chi connectivity index (χ0n) is 7.28. The van der Waals surface area contributed by atoms with Crippen molar-refractivity contribution in [2.45, 2.75) is 32.2 Å². The predicted molar refractivity (Wildman–Crippen MR) is 41.4 cm³/mol. The number of hydrogen-bond donors (Lipinski definition) is 1. The average Bonchev–Trinajstić information content (AvgIpc) is 2.30. The average molecular weight is 160 g/mol. The van der Waals surface area contributed by atoms with Gasteiger partial charge >= 0.3 is 0 Å². The molecule has 0 aromatic rings. The van der Waals surface area contributed by atoms with Crippen LogP contribution in [0.25, 0.3) is 0 Å². The number of ether oxygens (including phenoxy) is 2. The van der Waals surface area contributed by atoms with Crippen molar-refractivity contribution in [1.29, 1.82) is 0 Å². The molecule has 3 nitrogen and oxygen atoms in total. The Morgan fingerprint density at radius 3 is 2.55 bits per heavy atom. The van der Waals surface area contributed by atoms with Crippen molar-refractivity contribution < 1.29 is 14.6 Å². The Morgan fingerprint density at radius 2 is 2.18 bits per heavy atom. The van der Waals surface area contributed by atoms with E-state index in [1.807, 2.05) is 0 Å². The van der Waals surface area contributed by atoms with Gasteiger partial charge in [0.05, 0.1) is 12.7 Å². The van der Waals surface area contributed by atoms with Crippen LogP contribution in [0.5, 0.6) is 0 Å². The first-order valence-corrected chi connectivity index (χ1v) is 3.99. The van der Waals surface area contributed by atoms with Gasteiger partial charge in [-0.1, -0.05) is 13.8 Å². The Bertz CT molecular complexity index is 125. The van der Waals surface area contributed by atoms with Gasteiger partial charge in [-0.2, -0.15) is 0 Å². The van der Waals surface area contributed by atoms with E-state index < -0.39 is 6.10 Å². The van der Waals surface area contributed by atoms with Gasteiger partial charge in [-0.15, -0.1) is 0 Å². The monoisotopic (exact) mass is 160 g/mol. The van der Waals surface area contributed by atoms with Crippen LogP contribution in [0.2, 0.25) is 0 Å². The molecule has 1 saturated heterocycles. The van der Waals surface area contributed by atoms with Crippen LogP contribution in [-0.2, 0) is 9.47 Å². The molecule has 0 aromatic heterocycles. The second kappa shape index (κ2) is 3.52. The van der Waals surface area contributed by atoms with Gasteiger partial charge < -0.3 is 14.6 Å². The van der Waals surface area contributed by atoms with Crippen molar-refractivity contribution in [2.75, 3.05) is 13.7 Å². The minimum atomic E-state index is -0.451. The highest BCUT2D eigenvalue weighted by Crippen LogP contribution is 2.23. The van der Waals surface area contributed by atoms with Crippen molar-refractivity contribution in [3.8, 4) is 0 Å². The van der Waals surface area contributed by atoms with Gasteiger partial charge in [0.1, 0.15) is 12.2 Å². The fourth-order valence-corrected chi connectivity index (χ4v) is 1.48. The summed E-state index contributed by atoms with van der Waals surface area (Å²) in [7, 11) is 1.61. The van der Waals surface area contributed by atoms with Gasteiger partial charge in [0, 0.05) is 7.11 Å². The summed E-state index contributed by atoms with van der Waals surface area (Å²) >= 11 is 0. The lowest BCUT2D eigenvalue weighted by atomic mass is 10.0. The minimum absolute atomic E-state index is 0.0509. The van der Waals surface area contributed by atoms with Gasteiger partial charge in [0.25, 0.3) is 0 Å². The highest BCUT2D eigenvalue weighted by molar-refractivity contribution is 4.86. The predicted octanol–water partition coefficient (Wildman–Crippen LogP) is 0.417. The smallest absolute Gasteiger partial charge is 0.112 e. The minimum Gasteiger partial charge on any atom is -0.388 e. The summed E-state index contributed by atoms with van der Waals surface area (Å²) < 4.78 is 10.5. The first-order chi connectivity index (χ1) is 5.16. The Hall–Kier alpha value is -0.120. The molecular weight excluding hydrogens is 144 g/mol. The van der Waals surface area contributed by atoms with E-state index in [1.165, 1.54) is 0 Å². The first-order valence-electron chi connectivity index (χ1n) is 3.99. The van der Waals surface area contributed by atoms with Gasteiger partial charge in [-0.05, 0) is 5.92 Å². The lowest BCUT2D eigenvalue weighted by Crippen LogP contribution is -2.35. The van der Waals surface area contributed by atoms with Gasteiger partial charge in [-0.25, -0.2) is 0 Å². The standard InChI is InChI=1S/C8H16O3/c1-5(2)7-8(10-3)6(9)4-11-7/h5-9H,4H2,1-3H3. The maximum absolute atomic E-state index is 9.36. The molecule has 0 spiro atoms. The number of hydrogen-bond acceptors (Lipinski definition) is 3. The van der Waals surface area contributed by atoms with Gasteiger partial charge in [0.2, 0.25) is 0 Å². The normalized spacial score (nSPS) is 38.5. The molecule has 0 bridgehead atoms. The van der Waals surface area contributed by atoms with E-state index >= 15 is 0 Å². The first kappa shape index (κ1) is 8.97. The van der Waals surface area contributed by atoms with E-state index in [0.29, 0.717) is 12.5 Å². The molecule has 1 heterocycles. The van der Waals surface area contributed by atoms with Crippen LogP contribution in [0.15, 0.2) is 0 Å². The Labute approximate surface area is 67.3 Å². The van der Waals surface area contributed by atoms with Crippen LogP contribution in [0.4, 0.5) is 0 Å². The Balaban J connectivity index is 2.54. The second-order valence-electron chi connectivity index (χ2n) is 3.31. The number of aliphatic hydroxyl groups excluding tert-OH is 1. The SMILES string of the molecule is COC1C(O)COC1C(C)C. The summed E-state index contributed by atoms with van der Waals surface area (Å²) in [6, 6.07) is 0. The summed E-state index contributed by atoms with van der Waals surface area (Å²) in [4.78, 5) is 0. The van der Waals surface area contributed by atoms with Crippen LogP contribution in [0.1, 0.15) is 13.8 Å². The van der Waals surface area contributed by atoms with E-state index in [4.69, 9.17) is 9.47 Å². The molecule has 0 radical (unpaired) electrons. The number of rotatable bonds is 2. The molecule has 66 valence electrons. The summed E-state index contributed by atoms with van der Waals surface area (Å²) in [6.45, 7) is 4.53. The van der Waals surface area contributed by atoms with Crippen molar-refractivity contribution >= 4 is 0 Å². The van der Waals surface area contributed by atoms with Crippen molar-refractivity contribution in [1.82, 2.24) is 0 Å². The van der Waals surface area contributed by atoms with E-state index in [-0.39, 0.29) is 12.2 Å². The molecular formula is C8H16O3. The molecule has 0 aromatic carbocycles. The van der Waals surface area contributed by atoms with Crippen LogP contribution >= 0.6 is 0 Å². The third-order valence-corrected chi connectivity index (χ3v) is 2.09. The van der Waals surface area contributed by atoms with Crippen LogP contribution < -0.4 is 0 Å². The number of methoxy groups -OCH3 is 1. The molecule has 11 heavy (non-hydrogen) atoms. The highest BCUT2D eigenvalue weighted by atomic mass is 16.6. The van der Waals surface area contributed by atoms with Crippen LogP contribution in [0.3, 0.4) is 0 Å². The molecule has 3 atom stereocenters. The van der Waals surface area contributed by atoms with Crippen LogP contribution in [0, 0.1) is 5.92 Å². The fraction of sp³-hybridized carbons (Fsp3) is 1.00. The summed E-state index contributed by atoms with van der Waals surface area (Å²) in [5, 5.41) is 9.36. The lowest BCUT2D eigenvalue weighted by molar-refractivity contribution is -0.0275. The zero-order chi connectivity index (χ0) is 8.43.